The van der Waals surface area contributed by atoms with Crippen LogP contribution >= 0.6 is 0 Å². The van der Waals surface area contributed by atoms with Crippen LogP contribution in [0.2, 0.25) is 0 Å². The van der Waals surface area contributed by atoms with E-state index in [1.165, 1.54) is 4.90 Å². The van der Waals surface area contributed by atoms with Crippen molar-refractivity contribution in [1.29, 1.82) is 5.41 Å². The Morgan fingerprint density at radius 1 is 1.32 bits per heavy atom. The molecule has 0 spiro atoms. The van der Waals surface area contributed by atoms with Gasteiger partial charge in [0.05, 0.1) is 12.1 Å². The minimum absolute atomic E-state index is 0.0673. The molecule has 154 valence electrons. The Hall–Kier alpha value is -2.38. The van der Waals surface area contributed by atoms with E-state index in [0.717, 1.165) is 18.6 Å². The van der Waals surface area contributed by atoms with Crippen molar-refractivity contribution in [2.24, 2.45) is 5.73 Å². The number of piperidine rings is 2. The summed E-state index contributed by atoms with van der Waals surface area (Å²) in [6, 6.07) is 0.449. The van der Waals surface area contributed by atoms with Crippen molar-refractivity contribution < 1.29 is 26.6 Å². The van der Waals surface area contributed by atoms with E-state index in [1.54, 1.807) is 0 Å². The predicted octanol–water partition coefficient (Wildman–Crippen LogP) is 0.423. The summed E-state index contributed by atoms with van der Waals surface area (Å²) in [6.07, 6.45) is 2.68. The molecular formula is C15H22N6O6S. The summed E-state index contributed by atoms with van der Waals surface area (Å²) >= 11 is 0. The maximum atomic E-state index is 12.5. The second kappa shape index (κ2) is 6.90. The van der Waals surface area contributed by atoms with Gasteiger partial charge in [0.1, 0.15) is 11.5 Å². The lowest BCUT2D eigenvalue weighted by Crippen LogP contribution is -2.41. The first-order valence-electron chi connectivity index (χ1n) is 9.05. The molecule has 4 N–H and O–H groups in total. The summed E-state index contributed by atoms with van der Waals surface area (Å²) in [5.74, 6) is 0.970. The SMILES string of the molecule is N=C(N)N1CCC(c2cc([C@H]3CC[C@@H]4CN3C(=O)N4OS(=O)(=O)O)no2)CC1. The zero-order valence-corrected chi connectivity index (χ0v) is 15.8. The van der Waals surface area contributed by atoms with Gasteiger partial charge in [0.2, 0.25) is 0 Å². The van der Waals surface area contributed by atoms with Crippen LogP contribution in [0.4, 0.5) is 4.79 Å². The van der Waals surface area contributed by atoms with Gasteiger partial charge in [-0.15, -0.1) is 4.28 Å². The van der Waals surface area contributed by atoms with E-state index in [-0.39, 0.29) is 24.5 Å². The fraction of sp³-hybridized carbons (Fsp3) is 0.667. The van der Waals surface area contributed by atoms with Gasteiger partial charge in [-0.1, -0.05) is 5.16 Å². The highest BCUT2D eigenvalue weighted by Gasteiger charge is 2.48. The van der Waals surface area contributed by atoms with Crippen LogP contribution in [0.3, 0.4) is 0 Å². The first kappa shape index (κ1) is 19.0. The van der Waals surface area contributed by atoms with Gasteiger partial charge in [-0.2, -0.15) is 13.5 Å². The third-order valence-electron chi connectivity index (χ3n) is 5.62. The Morgan fingerprint density at radius 2 is 2.04 bits per heavy atom. The highest BCUT2D eigenvalue weighted by molar-refractivity contribution is 7.80. The van der Waals surface area contributed by atoms with Crippen LogP contribution in [0.5, 0.6) is 0 Å². The van der Waals surface area contributed by atoms with Crippen LogP contribution in [0, 0.1) is 5.41 Å². The number of hydrogen-bond acceptors (Lipinski definition) is 7. The molecule has 3 aliphatic rings. The number of rotatable bonds is 4. The van der Waals surface area contributed by atoms with Gasteiger partial charge in [-0.3, -0.25) is 9.96 Å². The fourth-order valence-corrected chi connectivity index (χ4v) is 4.59. The first-order valence-corrected chi connectivity index (χ1v) is 10.4. The Bertz CT molecular complexity index is 879. The van der Waals surface area contributed by atoms with Crippen molar-refractivity contribution in [2.75, 3.05) is 19.6 Å². The average molecular weight is 414 g/mol. The Morgan fingerprint density at radius 3 is 2.68 bits per heavy atom. The molecular weight excluding hydrogens is 392 g/mol. The molecule has 1 aromatic heterocycles. The number of nitrogens with two attached hydrogens (primary N) is 1. The van der Waals surface area contributed by atoms with Gasteiger partial charge < -0.3 is 20.1 Å². The van der Waals surface area contributed by atoms with Crippen LogP contribution < -0.4 is 5.73 Å². The van der Waals surface area contributed by atoms with E-state index in [9.17, 15) is 13.2 Å². The highest BCUT2D eigenvalue weighted by atomic mass is 32.3. The van der Waals surface area contributed by atoms with Crippen LogP contribution in [0.25, 0.3) is 0 Å². The van der Waals surface area contributed by atoms with Crippen LogP contribution in [-0.4, -0.2) is 70.7 Å². The number of urea groups is 1. The molecule has 2 bridgehead atoms. The minimum Gasteiger partial charge on any atom is -0.370 e. The number of guanidine groups is 1. The molecule has 12 nitrogen and oxygen atoms in total. The van der Waals surface area contributed by atoms with Crippen molar-refractivity contribution >= 4 is 22.4 Å². The number of nitrogens with zero attached hydrogens (tertiary/aromatic N) is 4. The lowest BCUT2D eigenvalue weighted by molar-refractivity contribution is -0.0317. The average Bonchev–Trinajstić information content (AvgIpc) is 3.22. The van der Waals surface area contributed by atoms with Gasteiger partial charge >= 0.3 is 16.4 Å². The third-order valence-corrected chi connectivity index (χ3v) is 5.97. The second-order valence-electron chi connectivity index (χ2n) is 7.31. The molecule has 1 aromatic rings. The van der Waals surface area contributed by atoms with Gasteiger partial charge in [-0.05, 0) is 25.7 Å². The summed E-state index contributed by atoms with van der Waals surface area (Å²) in [5, 5.41) is 12.4. The number of fused-ring (bicyclic) bond motifs is 2. The van der Waals surface area contributed by atoms with Crippen LogP contribution in [0.1, 0.15) is 49.1 Å². The Balaban J connectivity index is 1.45. The van der Waals surface area contributed by atoms with Crippen LogP contribution in [0.15, 0.2) is 10.6 Å². The summed E-state index contributed by atoms with van der Waals surface area (Å²) in [5.41, 5.74) is 6.13. The third kappa shape index (κ3) is 3.52. The zero-order chi connectivity index (χ0) is 20.1. The van der Waals surface area contributed by atoms with Crippen molar-refractivity contribution in [3.05, 3.63) is 17.5 Å². The minimum atomic E-state index is -4.77. The van der Waals surface area contributed by atoms with Crippen LogP contribution in [-0.2, 0) is 14.7 Å². The molecule has 0 saturated carbocycles. The lowest BCUT2D eigenvalue weighted by atomic mass is 9.93. The lowest BCUT2D eigenvalue weighted by Gasteiger charge is -2.31. The van der Waals surface area contributed by atoms with E-state index >= 15 is 0 Å². The van der Waals surface area contributed by atoms with Gasteiger partial charge in [0.15, 0.2) is 5.96 Å². The maximum absolute atomic E-state index is 12.5. The molecule has 2 atom stereocenters. The molecule has 0 radical (unpaired) electrons. The first-order chi connectivity index (χ1) is 13.2. The normalized spacial score (nSPS) is 26.2. The largest absolute Gasteiger partial charge is 0.418 e. The van der Waals surface area contributed by atoms with E-state index < -0.39 is 22.5 Å². The molecule has 4 rings (SSSR count). The summed E-state index contributed by atoms with van der Waals surface area (Å²) in [4.78, 5) is 15.8. The van der Waals surface area contributed by atoms with Crippen molar-refractivity contribution in [2.45, 2.75) is 43.7 Å². The Labute approximate surface area is 161 Å². The summed E-state index contributed by atoms with van der Waals surface area (Å²) in [6.45, 7) is 1.64. The molecule has 3 aliphatic heterocycles. The smallest absolute Gasteiger partial charge is 0.370 e. The molecule has 13 heteroatoms. The van der Waals surface area contributed by atoms with E-state index in [4.69, 9.17) is 20.2 Å². The van der Waals surface area contributed by atoms with E-state index in [2.05, 4.69) is 9.44 Å². The molecule has 2 amide bonds. The number of hydrogen-bond donors (Lipinski definition) is 3. The summed E-state index contributed by atoms with van der Waals surface area (Å²) < 4.78 is 40.8. The van der Waals surface area contributed by atoms with E-state index in [0.29, 0.717) is 36.7 Å². The maximum Gasteiger partial charge on any atom is 0.418 e. The van der Waals surface area contributed by atoms with Gasteiger partial charge in [-0.25, -0.2) is 4.79 Å². The monoisotopic (exact) mass is 414 g/mol. The number of hydroxylamine groups is 2. The highest BCUT2D eigenvalue weighted by Crippen LogP contribution is 2.39. The van der Waals surface area contributed by atoms with Gasteiger partial charge in [0, 0.05) is 31.6 Å². The molecule has 4 heterocycles. The molecule has 0 aromatic carbocycles. The molecule has 28 heavy (non-hydrogen) atoms. The number of carbonyl (C=O) groups excluding carboxylic acids is 1. The number of nitrogens with one attached hydrogen (secondary N) is 1. The molecule has 3 fully saturated rings. The quantitative estimate of drug-likeness (QED) is 0.359. The van der Waals surface area contributed by atoms with Crippen molar-refractivity contribution in [3.63, 3.8) is 0 Å². The molecule has 0 unspecified atom stereocenters. The standard InChI is InChI=1S/C15H22N6O6S/c16-14(17)19-5-3-9(4-6-19)13-7-11(18-26-13)12-2-1-10-8-20(12)15(22)21(10)27-28(23,24)25/h7,9-10,12H,1-6,8H2,(H3,16,17)(H,23,24,25)/t10-,12-/m1/s1. The number of likely N-dealkylation sites (tertiary alicyclic amines) is 1. The molecule has 0 aliphatic carbocycles. The second-order valence-corrected chi connectivity index (χ2v) is 8.32. The number of aromatic nitrogens is 1. The zero-order valence-electron chi connectivity index (χ0n) is 15.0. The number of amides is 2. The predicted molar refractivity (Wildman–Crippen MR) is 94.3 cm³/mol. The van der Waals surface area contributed by atoms with Crippen molar-refractivity contribution in [1.82, 2.24) is 20.0 Å². The fourth-order valence-electron chi connectivity index (χ4n) is 4.20. The topological polar surface area (TPSA) is 166 Å². The van der Waals surface area contributed by atoms with Gasteiger partial charge in [0.25, 0.3) is 0 Å². The summed E-state index contributed by atoms with van der Waals surface area (Å²) in [7, 11) is -4.77. The number of carbonyl (C=O) groups is 1. The van der Waals surface area contributed by atoms with Crippen molar-refractivity contribution in [3.8, 4) is 0 Å². The van der Waals surface area contributed by atoms with E-state index in [1.807, 2.05) is 11.0 Å². The Kier molecular flexibility index (Phi) is 4.67. The molecule has 3 saturated heterocycles.